The fourth-order valence-corrected chi connectivity index (χ4v) is 4.02. The van der Waals surface area contributed by atoms with Crippen molar-refractivity contribution < 1.29 is 9.59 Å². The molecule has 0 aliphatic carbocycles. The Morgan fingerprint density at radius 1 is 0.531 bits per heavy atom. The average molecular weight is 454 g/mol. The van der Waals surface area contributed by atoms with Crippen LogP contribution in [0.3, 0.4) is 0 Å². The molecule has 5 heteroatoms. The van der Waals surface area contributed by atoms with Crippen molar-refractivity contribution >= 4 is 11.8 Å². The summed E-state index contributed by atoms with van der Waals surface area (Å²) >= 11 is 0. The SMILES string of the molecule is CCCCCCCCCCCC(=O)NC(N)(CC)NC(=O)CCCCCCCCCCC. The lowest BCUT2D eigenvalue weighted by molar-refractivity contribution is -0.127. The lowest BCUT2D eigenvalue weighted by Gasteiger charge is -2.30. The van der Waals surface area contributed by atoms with E-state index in [1.807, 2.05) is 6.92 Å². The summed E-state index contributed by atoms with van der Waals surface area (Å²) in [7, 11) is 0. The molecular formula is C27H55N3O2. The number of nitrogens with two attached hydrogens (primary N) is 1. The topological polar surface area (TPSA) is 84.2 Å². The van der Waals surface area contributed by atoms with Crippen molar-refractivity contribution in [2.24, 2.45) is 5.73 Å². The molecule has 0 unspecified atom stereocenters. The highest BCUT2D eigenvalue weighted by Gasteiger charge is 2.26. The Balaban J connectivity index is 3.83. The summed E-state index contributed by atoms with van der Waals surface area (Å²) in [5, 5.41) is 5.68. The van der Waals surface area contributed by atoms with E-state index in [-0.39, 0.29) is 11.8 Å². The largest absolute Gasteiger partial charge is 0.321 e. The van der Waals surface area contributed by atoms with Crippen LogP contribution < -0.4 is 16.4 Å². The Kier molecular flexibility index (Phi) is 21.0. The molecular weight excluding hydrogens is 398 g/mol. The van der Waals surface area contributed by atoms with Gasteiger partial charge < -0.3 is 10.6 Å². The second-order valence-corrected chi connectivity index (χ2v) is 9.58. The van der Waals surface area contributed by atoms with Crippen molar-refractivity contribution in [3.63, 3.8) is 0 Å². The molecule has 0 rings (SSSR count). The summed E-state index contributed by atoms with van der Waals surface area (Å²) in [6.45, 7) is 6.36. The first-order valence-corrected chi connectivity index (χ1v) is 13.9. The van der Waals surface area contributed by atoms with Crippen LogP contribution in [-0.2, 0) is 9.59 Å². The first-order valence-electron chi connectivity index (χ1n) is 13.9. The molecule has 0 aliphatic heterocycles. The molecule has 4 N–H and O–H groups in total. The smallest absolute Gasteiger partial charge is 0.222 e. The molecule has 190 valence electrons. The molecule has 0 aromatic heterocycles. The summed E-state index contributed by atoms with van der Waals surface area (Å²) in [5.41, 5.74) is 6.25. The Morgan fingerprint density at radius 3 is 1.09 bits per heavy atom. The van der Waals surface area contributed by atoms with Crippen LogP contribution in [0, 0.1) is 0 Å². The van der Waals surface area contributed by atoms with Crippen LogP contribution in [0.25, 0.3) is 0 Å². The zero-order valence-electron chi connectivity index (χ0n) is 21.7. The minimum absolute atomic E-state index is 0.0688. The van der Waals surface area contributed by atoms with Gasteiger partial charge in [-0.05, 0) is 12.8 Å². The van der Waals surface area contributed by atoms with Gasteiger partial charge in [-0.3, -0.25) is 15.3 Å². The second kappa shape index (κ2) is 21.7. The third kappa shape index (κ3) is 19.6. The van der Waals surface area contributed by atoms with Crippen LogP contribution in [0.1, 0.15) is 156 Å². The van der Waals surface area contributed by atoms with Crippen LogP contribution in [0.5, 0.6) is 0 Å². The average Bonchev–Trinajstić information content (AvgIpc) is 2.76. The number of rotatable bonds is 23. The van der Waals surface area contributed by atoms with Gasteiger partial charge in [0.05, 0.1) is 0 Å². The lowest BCUT2D eigenvalue weighted by Crippen LogP contribution is -2.66. The van der Waals surface area contributed by atoms with E-state index in [0.717, 1.165) is 25.7 Å². The van der Waals surface area contributed by atoms with E-state index >= 15 is 0 Å². The molecule has 0 heterocycles. The molecule has 5 nitrogen and oxygen atoms in total. The third-order valence-electron chi connectivity index (χ3n) is 6.30. The van der Waals surface area contributed by atoms with E-state index in [1.54, 1.807) is 0 Å². The van der Waals surface area contributed by atoms with Crippen molar-refractivity contribution in [3.05, 3.63) is 0 Å². The molecule has 0 fully saturated rings. The molecule has 2 amide bonds. The molecule has 0 aromatic rings. The first kappa shape index (κ1) is 30.9. The Hall–Kier alpha value is -1.10. The van der Waals surface area contributed by atoms with Crippen LogP contribution in [0.4, 0.5) is 0 Å². The normalized spacial score (nSPS) is 11.5. The van der Waals surface area contributed by atoms with Gasteiger partial charge in [0, 0.05) is 19.3 Å². The van der Waals surface area contributed by atoms with Gasteiger partial charge in [-0.25, -0.2) is 0 Å². The number of nitrogens with one attached hydrogen (secondary N) is 2. The molecule has 0 aromatic carbocycles. The summed E-state index contributed by atoms with van der Waals surface area (Å²) < 4.78 is 0. The van der Waals surface area contributed by atoms with Gasteiger partial charge in [-0.15, -0.1) is 0 Å². The fraction of sp³-hybridized carbons (Fsp3) is 0.926. The predicted molar refractivity (Wildman–Crippen MR) is 137 cm³/mol. The molecule has 0 aliphatic rings. The Labute approximate surface area is 199 Å². The minimum atomic E-state index is -1.13. The van der Waals surface area contributed by atoms with Crippen molar-refractivity contribution in [2.75, 3.05) is 0 Å². The standard InChI is InChI=1S/C27H55N3O2/c1-4-7-9-11-13-15-17-19-21-23-25(31)29-27(28,6-3)30-26(32)24-22-20-18-16-14-12-10-8-5-2/h4-24,28H2,1-3H3,(H,29,31)(H,30,32). The van der Waals surface area contributed by atoms with E-state index in [2.05, 4.69) is 24.5 Å². The maximum absolute atomic E-state index is 12.3. The van der Waals surface area contributed by atoms with Gasteiger partial charge in [-0.2, -0.15) is 0 Å². The van der Waals surface area contributed by atoms with E-state index < -0.39 is 5.79 Å². The molecule has 0 atom stereocenters. The first-order chi connectivity index (χ1) is 15.5. The predicted octanol–water partition coefficient (Wildman–Crippen LogP) is 7.08. The molecule has 0 bridgehead atoms. The fourth-order valence-electron chi connectivity index (χ4n) is 4.02. The van der Waals surface area contributed by atoms with Gasteiger partial charge >= 0.3 is 0 Å². The van der Waals surface area contributed by atoms with Crippen LogP contribution in [-0.4, -0.2) is 17.6 Å². The van der Waals surface area contributed by atoms with Crippen LogP contribution in [0.15, 0.2) is 0 Å². The van der Waals surface area contributed by atoms with Gasteiger partial charge in [-0.1, -0.05) is 124 Å². The van der Waals surface area contributed by atoms with Crippen LogP contribution in [0.2, 0.25) is 0 Å². The summed E-state index contributed by atoms with van der Waals surface area (Å²) in [6, 6.07) is 0. The van der Waals surface area contributed by atoms with E-state index in [9.17, 15) is 9.59 Å². The number of unbranched alkanes of at least 4 members (excludes halogenated alkanes) is 16. The summed E-state index contributed by atoms with van der Waals surface area (Å²) in [4.78, 5) is 24.6. The van der Waals surface area contributed by atoms with Gasteiger partial charge in [0.2, 0.25) is 11.8 Å². The van der Waals surface area contributed by atoms with Crippen LogP contribution >= 0.6 is 0 Å². The lowest BCUT2D eigenvalue weighted by atomic mass is 10.1. The third-order valence-corrected chi connectivity index (χ3v) is 6.30. The molecule has 0 radical (unpaired) electrons. The van der Waals surface area contributed by atoms with Crippen molar-refractivity contribution in [1.82, 2.24) is 10.6 Å². The number of carbonyl (C=O) groups excluding carboxylic acids is 2. The zero-order chi connectivity index (χ0) is 23.9. The Morgan fingerprint density at radius 2 is 0.812 bits per heavy atom. The number of hydrogen-bond acceptors (Lipinski definition) is 3. The van der Waals surface area contributed by atoms with Crippen molar-refractivity contribution in [2.45, 2.75) is 161 Å². The second-order valence-electron chi connectivity index (χ2n) is 9.58. The highest BCUT2D eigenvalue weighted by atomic mass is 16.2. The van der Waals surface area contributed by atoms with Gasteiger partial charge in [0.25, 0.3) is 0 Å². The molecule has 0 saturated carbocycles. The summed E-state index contributed by atoms with van der Waals surface area (Å²) in [6.07, 6.45) is 23.5. The number of carbonyl (C=O) groups is 2. The monoisotopic (exact) mass is 453 g/mol. The molecule has 0 saturated heterocycles. The highest BCUT2D eigenvalue weighted by molar-refractivity contribution is 5.80. The van der Waals surface area contributed by atoms with E-state index in [1.165, 1.54) is 89.9 Å². The van der Waals surface area contributed by atoms with E-state index in [0.29, 0.717) is 19.3 Å². The highest BCUT2D eigenvalue weighted by Crippen LogP contribution is 2.12. The summed E-state index contributed by atoms with van der Waals surface area (Å²) in [5.74, 6) is -1.27. The van der Waals surface area contributed by atoms with Crippen molar-refractivity contribution in [1.29, 1.82) is 0 Å². The maximum Gasteiger partial charge on any atom is 0.222 e. The molecule has 32 heavy (non-hydrogen) atoms. The van der Waals surface area contributed by atoms with Gasteiger partial charge in [0.15, 0.2) is 5.79 Å². The minimum Gasteiger partial charge on any atom is -0.321 e. The van der Waals surface area contributed by atoms with Crippen molar-refractivity contribution in [3.8, 4) is 0 Å². The maximum atomic E-state index is 12.3. The number of amides is 2. The van der Waals surface area contributed by atoms with Gasteiger partial charge in [0.1, 0.15) is 0 Å². The number of hydrogen-bond donors (Lipinski definition) is 3. The van der Waals surface area contributed by atoms with E-state index in [4.69, 9.17) is 5.73 Å². The zero-order valence-corrected chi connectivity index (χ0v) is 21.7. The molecule has 0 spiro atoms. The Bertz CT molecular complexity index is 418. The quantitative estimate of drug-likeness (QED) is 0.114.